The molecule has 5 nitrogen and oxygen atoms in total. The summed E-state index contributed by atoms with van der Waals surface area (Å²) in [5.74, 6) is -1.74. The van der Waals surface area contributed by atoms with E-state index in [2.05, 4.69) is 0 Å². The van der Waals surface area contributed by atoms with Crippen molar-refractivity contribution >= 4 is 11.9 Å². The summed E-state index contributed by atoms with van der Waals surface area (Å²) in [6, 6.07) is 13.1. The van der Waals surface area contributed by atoms with Gasteiger partial charge in [-0.1, -0.05) is 30.3 Å². The van der Waals surface area contributed by atoms with E-state index in [1.165, 1.54) is 24.1 Å². The fourth-order valence-corrected chi connectivity index (χ4v) is 2.27. The SMILES string of the molecule is COc1ccc(C(=O)OCC(=O)N(C)[C@@H](C)c2ccccc2)c(F)c1. The van der Waals surface area contributed by atoms with Crippen molar-refractivity contribution in [1.29, 1.82) is 0 Å². The Bertz CT molecular complexity index is 748. The molecule has 132 valence electrons. The minimum atomic E-state index is -0.894. The van der Waals surface area contributed by atoms with Crippen LogP contribution in [0.5, 0.6) is 5.75 Å². The molecule has 6 heteroatoms. The molecular weight excluding hydrogens is 325 g/mol. The lowest BCUT2D eigenvalue weighted by molar-refractivity contribution is -0.135. The number of carbonyl (C=O) groups is 2. The molecule has 2 rings (SSSR count). The van der Waals surface area contributed by atoms with E-state index in [1.54, 1.807) is 7.05 Å². The van der Waals surface area contributed by atoms with Crippen molar-refractivity contribution in [1.82, 2.24) is 4.90 Å². The smallest absolute Gasteiger partial charge is 0.341 e. The molecule has 0 bridgehead atoms. The molecule has 0 aliphatic heterocycles. The van der Waals surface area contributed by atoms with Gasteiger partial charge >= 0.3 is 5.97 Å². The van der Waals surface area contributed by atoms with Crippen LogP contribution >= 0.6 is 0 Å². The predicted octanol–water partition coefficient (Wildman–Crippen LogP) is 3.21. The van der Waals surface area contributed by atoms with Crippen LogP contribution in [0, 0.1) is 5.82 Å². The zero-order valence-electron chi connectivity index (χ0n) is 14.4. The van der Waals surface area contributed by atoms with Gasteiger partial charge in [0.25, 0.3) is 5.91 Å². The highest BCUT2D eigenvalue weighted by Crippen LogP contribution is 2.19. The molecule has 0 heterocycles. The largest absolute Gasteiger partial charge is 0.497 e. The predicted molar refractivity (Wildman–Crippen MR) is 90.9 cm³/mol. The molecule has 0 spiro atoms. The minimum absolute atomic E-state index is 0.176. The third-order valence-corrected chi connectivity index (χ3v) is 3.98. The fraction of sp³-hybridized carbons (Fsp3) is 0.263. The Labute approximate surface area is 146 Å². The maximum absolute atomic E-state index is 13.8. The molecule has 0 N–H and O–H groups in total. The lowest BCUT2D eigenvalue weighted by Gasteiger charge is -2.25. The lowest BCUT2D eigenvalue weighted by Crippen LogP contribution is -2.33. The molecular formula is C19H20FNO4. The molecule has 1 atom stereocenters. The zero-order chi connectivity index (χ0) is 18.4. The summed E-state index contributed by atoms with van der Waals surface area (Å²) in [6.45, 7) is 1.41. The molecule has 0 fully saturated rings. The van der Waals surface area contributed by atoms with Gasteiger partial charge in [-0.15, -0.1) is 0 Å². The minimum Gasteiger partial charge on any atom is -0.497 e. The standard InChI is InChI=1S/C19H20FNO4/c1-13(14-7-5-4-6-8-14)21(2)18(22)12-25-19(23)16-10-9-15(24-3)11-17(16)20/h4-11,13H,12H2,1-3H3/t13-/m0/s1. The van der Waals surface area contributed by atoms with Crippen molar-refractivity contribution in [3.05, 3.63) is 65.5 Å². The van der Waals surface area contributed by atoms with Crippen molar-refractivity contribution < 1.29 is 23.5 Å². The molecule has 0 aromatic heterocycles. The van der Waals surface area contributed by atoms with Gasteiger partial charge in [-0.25, -0.2) is 9.18 Å². The summed E-state index contributed by atoms with van der Waals surface area (Å²) in [4.78, 5) is 25.7. The molecule has 0 aliphatic rings. The first-order valence-corrected chi connectivity index (χ1v) is 7.75. The Morgan fingerprint density at radius 2 is 1.84 bits per heavy atom. The number of methoxy groups -OCH3 is 1. The number of halogens is 1. The summed E-state index contributed by atoms with van der Waals surface area (Å²) >= 11 is 0. The molecule has 0 saturated carbocycles. The van der Waals surface area contributed by atoms with Crippen molar-refractivity contribution in [2.75, 3.05) is 20.8 Å². The van der Waals surface area contributed by atoms with E-state index in [9.17, 15) is 14.0 Å². The Hall–Kier alpha value is -2.89. The van der Waals surface area contributed by atoms with Gasteiger partial charge in [-0.05, 0) is 24.6 Å². The van der Waals surface area contributed by atoms with Crippen LogP contribution in [0.2, 0.25) is 0 Å². The number of rotatable bonds is 6. The summed E-state index contributed by atoms with van der Waals surface area (Å²) in [5, 5.41) is 0. The van der Waals surface area contributed by atoms with Crippen LogP contribution in [-0.2, 0) is 9.53 Å². The number of nitrogens with zero attached hydrogens (tertiary/aromatic N) is 1. The molecule has 25 heavy (non-hydrogen) atoms. The Morgan fingerprint density at radius 3 is 2.44 bits per heavy atom. The third kappa shape index (κ3) is 4.56. The van der Waals surface area contributed by atoms with E-state index in [4.69, 9.17) is 9.47 Å². The quantitative estimate of drug-likeness (QED) is 0.755. The van der Waals surface area contributed by atoms with Gasteiger partial charge in [0.15, 0.2) is 6.61 Å². The second-order valence-corrected chi connectivity index (χ2v) is 5.51. The first-order chi connectivity index (χ1) is 11.9. The maximum atomic E-state index is 13.8. The Balaban J connectivity index is 1.96. The summed E-state index contributed by atoms with van der Waals surface area (Å²) in [7, 11) is 3.02. The highest BCUT2D eigenvalue weighted by molar-refractivity contribution is 5.91. The van der Waals surface area contributed by atoms with Gasteiger partial charge in [0.05, 0.1) is 18.7 Å². The van der Waals surface area contributed by atoms with Crippen LogP contribution in [0.4, 0.5) is 4.39 Å². The van der Waals surface area contributed by atoms with Crippen LogP contribution in [0.25, 0.3) is 0 Å². The van der Waals surface area contributed by atoms with Crippen molar-refractivity contribution in [2.24, 2.45) is 0 Å². The van der Waals surface area contributed by atoms with Crippen LogP contribution in [-0.4, -0.2) is 37.5 Å². The molecule has 0 radical (unpaired) electrons. The Kier molecular flexibility index (Phi) is 6.11. The number of esters is 1. The molecule has 0 saturated heterocycles. The van der Waals surface area contributed by atoms with Gasteiger partial charge in [-0.2, -0.15) is 0 Å². The zero-order valence-corrected chi connectivity index (χ0v) is 14.4. The fourth-order valence-electron chi connectivity index (χ4n) is 2.27. The van der Waals surface area contributed by atoms with Crippen molar-refractivity contribution in [2.45, 2.75) is 13.0 Å². The molecule has 0 aliphatic carbocycles. The third-order valence-electron chi connectivity index (χ3n) is 3.98. The number of hydrogen-bond acceptors (Lipinski definition) is 4. The van der Waals surface area contributed by atoms with Crippen molar-refractivity contribution in [3.63, 3.8) is 0 Å². The molecule has 2 aromatic carbocycles. The first kappa shape index (κ1) is 18.4. The number of hydrogen-bond donors (Lipinski definition) is 0. The second kappa shape index (κ2) is 8.28. The van der Waals surface area contributed by atoms with Crippen LogP contribution < -0.4 is 4.74 Å². The van der Waals surface area contributed by atoms with Gasteiger partial charge in [0.1, 0.15) is 11.6 Å². The van der Waals surface area contributed by atoms with Gasteiger partial charge < -0.3 is 14.4 Å². The monoisotopic (exact) mass is 345 g/mol. The normalized spacial score (nSPS) is 11.5. The molecule has 2 aromatic rings. The van der Waals surface area contributed by atoms with Crippen LogP contribution in [0.15, 0.2) is 48.5 Å². The number of amides is 1. The van der Waals surface area contributed by atoms with Crippen LogP contribution in [0.3, 0.4) is 0 Å². The number of ether oxygens (including phenoxy) is 2. The van der Waals surface area contributed by atoms with Crippen LogP contribution in [0.1, 0.15) is 28.9 Å². The molecule has 1 amide bonds. The average Bonchev–Trinajstić information content (AvgIpc) is 2.65. The summed E-state index contributed by atoms with van der Waals surface area (Å²) < 4.78 is 23.7. The number of carbonyl (C=O) groups excluding carboxylic acids is 2. The topological polar surface area (TPSA) is 55.8 Å². The maximum Gasteiger partial charge on any atom is 0.341 e. The lowest BCUT2D eigenvalue weighted by atomic mass is 10.1. The van der Waals surface area contributed by atoms with Gasteiger partial charge in [0, 0.05) is 13.1 Å². The van der Waals surface area contributed by atoms with E-state index in [-0.39, 0.29) is 17.5 Å². The number of likely N-dealkylation sites (N-methyl/N-ethyl adjacent to an activating group) is 1. The second-order valence-electron chi connectivity index (χ2n) is 5.51. The van der Waals surface area contributed by atoms with Gasteiger partial charge in [0.2, 0.25) is 0 Å². The van der Waals surface area contributed by atoms with Gasteiger partial charge in [-0.3, -0.25) is 4.79 Å². The number of benzene rings is 2. The summed E-state index contributed by atoms with van der Waals surface area (Å²) in [6.07, 6.45) is 0. The summed E-state index contributed by atoms with van der Waals surface area (Å²) in [5.41, 5.74) is 0.721. The molecule has 0 unspecified atom stereocenters. The Morgan fingerprint density at radius 1 is 1.16 bits per heavy atom. The first-order valence-electron chi connectivity index (χ1n) is 7.75. The van der Waals surface area contributed by atoms with E-state index < -0.39 is 18.4 Å². The van der Waals surface area contributed by atoms with E-state index in [0.717, 1.165) is 11.6 Å². The van der Waals surface area contributed by atoms with E-state index in [1.807, 2.05) is 37.3 Å². The van der Waals surface area contributed by atoms with Crippen molar-refractivity contribution in [3.8, 4) is 5.75 Å². The van der Waals surface area contributed by atoms with E-state index >= 15 is 0 Å². The highest BCUT2D eigenvalue weighted by Gasteiger charge is 2.20. The van der Waals surface area contributed by atoms with E-state index in [0.29, 0.717) is 5.75 Å². The average molecular weight is 345 g/mol. The highest BCUT2D eigenvalue weighted by atomic mass is 19.1.